The molecule has 0 bridgehead atoms. The summed E-state index contributed by atoms with van der Waals surface area (Å²) in [4.78, 5) is 13.6. The van der Waals surface area contributed by atoms with Crippen LogP contribution in [0.5, 0.6) is 0 Å². The molecule has 6 rings (SSSR count). The predicted molar refractivity (Wildman–Crippen MR) is 92.3 cm³/mol. The van der Waals surface area contributed by atoms with Gasteiger partial charge in [-0.05, 0) is 24.3 Å². The standard InChI is InChI=1S/C19H13N6/c1-2-5-14(6-3-1)25-16-18(23-10-4-8-21-19(23)22-16)24-12-13-7-9-20-11-15(13)17(24)25/h1-11H,12H2/q+1. The van der Waals surface area contributed by atoms with Gasteiger partial charge in [-0.3, -0.25) is 4.98 Å². The first-order chi connectivity index (χ1) is 12.4. The van der Waals surface area contributed by atoms with Crippen LogP contribution in [0.4, 0.5) is 0 Å². The lowest BCUT2D eigenvalue weighted by molar-refractivity contribution is -0.648. The summed E-state index contributed by atoms with van der Waals surface area (Å²) in [5.41, 5.74) is 5.48. The van der Waals surface area contributed by atoms with Gasteiger partial charge in [-0.1, -0.05) is 18.2 Å². The molecule has 118 valence electrons. The molecule has 0 radical (unpaired) electrons. The maximum Gasteiger partial charge on any atom is 0.299 e. The zero-order chi connectivity index (χ0) is 16.4. The van der Waals surface area contributed by atoms with Gasteiger partial charge in [0.05, 0.1) is 18.3 Å². The van der Waals surface area contributed by atoms with Crippen molar-refractivity contribution in [1.29, 1.82) is 0 Å². The van der Waals surface area contributed by atoms with Gasteiger partial charge in [0.25, 0.3) is 17.1 Å². The molecule has 4 aromatic heterocycles. The second-order valence-corrected chi connectivity index (χ2v) is 6.16. The molecule has 0 aliphatic carbocycles. The molecule has 0 unspecified atom stereocenters. The fourth-order valence-corrected chi connectivity index (χ4v) is 3.76. The van der Waals surface area contributed by atoms with Gasteiger partial charge in [-0.15, -0.1) is 0 Å². The molecule has 0 N–H and O–H groups in total. The van der Waals surface area contributed by atoms with E-state index in [0.717, 1.165) is 34.9 Å². The lowest BCUT2D eigenvalue weighted by Crippen LogP contribution is -2.32. The summed E-state index contributed by atoms with van der Waals surface area (Å²) in [6, 6.07) is 14.3. The smallest absolute Gasteiger partial charge is 0.264 e. The van der Waals surface area contributed by atoms with Crippen LogP contribution in [0, 0.1) is 0 Å². The van der Waals surface area contributed by atoms with Crippen molar-refractivity contribution >= 4 is 17.1 Å². The van der Waals surface area contributed by atoms with Crippen LogP contribution in [0.15, 0.2) is 67.3 Å². The zero-order valence-corrected chi connectivity index (χ0v) is 13.2. The van der Waals surface area contributed by atoms with Crippen LogP contribution in [0.1, 0.15) is 5.56 Å². The number of benzene rings is 1. The molecule has 0 atom stereocenters. The van der Waals surface area contributed by atoms with E-state index in [1.165, 1.54) is 5.56 Å². The van der Waals surface area contributed by atoms with E-state index < -0.39 is 0 Å². The lowest BCUT2D eigenvalue weighted by atomic mass is 10.2. The third-order valence-electron chi connectivity index (χ3n) is 4.79. The molecule has 0 spiro atoms. The van der Waals surface area contributed by atoms with Gasteiger partial charge in [0.1, 0.15) is 5.69 Å². The number of nitrogens with zero attached hydrogens (tertiary/aromatic N) is 6. The molecule has 0 amide bonds. The summed E-state index contributed by atoms with van der Waals surface area (Å²) in [6.07, 6.45) is 7.59. The monoisotopic (exact) mass is 325 g/mol. The predicted octanol–water partition coefficient (Wildman–Crippen LogP) is 2.38. The van der Waals surface area contributed by atoms with Gasteiger partial charge in [0.15, 0.2) is 0 Å². The minimum absolute atomic E-state index is 0.710. The van der Waals surface area contributed by atoms with E-state index in [2.05, 4.69) is 41.7 Å². The maximum atomic E-state index is 4.80. The number of para-hydroxylation sites is 1. The van der Waals surface area contributed by atoms with Gasteiger partial charge in [0, 0.05) is 24.2 Å². The number of imidazole rings is 2. The summed E-state index contributed by atoms with van der Waals surface area (Å²) in [5, 5.41) is 0. The van der Waals surface area contributed by atoms with Crippen molar-refractivity contribution in [3.63, 3.8) is 0 Å². The first kappa shape index (κ1) is 12.8. The molecule has 5 heterocycles. The SMILES string of the molecule is c1ccc(-n2c3[n+](c4c2nc2ncccn24)Cc2ccncc2-3)cc1. The normalized spacial score (nSPS) is 12.6. The van der Waals surface area contributed by atoms with E-state index in [1.54, 1.807) is 6.20 Å². The van der Waals surface area contributed by atoms with Crippen LogP contribution in [0.25, 0.3) is 34.1 Å². The Bertz CT molecular complexity index is 1270. The first-order valence-electron chi connectivity index (χ1n) is 8.18. The van der Waals surface area contributed by atoms with Gasteiger partial charge in [-0.2, -0.15) is 9.38 Å². The topological polar surface area (TPSA) is 51.9 Å². The average molecular weight is 325 g/mol. The van der Waals surface area contributed by atoms with E-state index in [4.69, 9.17) is 4.98 Å². The van der Waals surface area contributed by atoms with E-state index >= 15 is 0 Å². The minimum Gasteiger partial charge on any atom is -0.264 e. The van der Waals surface area contributed by atoms with Crippen molar-refractivity contribution in [3.8, 4) is 17.1 Å². The van der Waals surface area contributed by atoms with Gasteiger partial charge < -0.3 is 0 Å². The number of fused-ring (bicyclic) bond motifs is 7. The number of hydrogen-bond acceptors (Lipinski definition) is 3. The third-order valence-corrected chi connectivity index (χ3v) is 4.79. The molecule has 6 nitrogen and oxygen atoms in total. The highest BCUT2D eigenvalue weighted by Crippen LogP contribution is 2.33. The fourth-order valence-electron chi connectivity index (χ4n) is 3.76. The Morgan fingerprint density at radius 3 is 2.84 bits per heavy atom. The second-order valence-electron chi connectivity index (χ2n) is 6.16. The summed E-state index contributed by atoms with van der Waals surface area (Å²) in [6.45, 7) is 0.812. The largest absolute Gasteiger partial charge is 0.299 e. The van der Waals surface area contributed by atoms with Crippen LogP contribution in [-0.4, -0.2) is 23.9 Å². The number of rotatable bonds is 1. The number of pyridine rings is 1. The highest BCUT2D eigenvalue weighted by atomic mass is 15.3. The van der Waals surface area contributed by atoms with Crippen LogP contribution < -0.4 is 4.57 Å². The minimum atomic E-state index is 0.710. The Labute approximate surface area is 142 Å². The summed E-state index contributed by atoms with van der Waals surface area (Å²) in [5.74, 6) is 1.83. The van der Waals surface area contributed by atoms with Crippen LogP contribution >= 0.6 is 0 Å². The molecule has 0 saturated carbocycles. The summed E-state index contributed by atoms with van der Waals surface area (Å²) in [7, 11) is 0. The van der Waals surface area contributed by atoms with Crippen LogP contribution in [0.3, 0.4) is 0 Å². The highest BCUT2D eigenvalue weighted by molar-refractivity contribution is 5.78. The van der Waals surface area contributed by atoms with Gasteiger partial charge >= 0.3 is 0 Å². The molecule has 0 saturated heterocycles. The van der Waals surface area contributed by atoms with Crippen molar-refractivity contribution in [2.75, 3.05) is 0 Å². The van der Waals surface area contributed by atoms with E-state index in [1.807, 2.05) is 42.9 Å². The number of aromatic nitrogens is 6. The van der Waals surface area contributed by atoms with Crippen molar-refractivity contribution in [2.45, 2.75) is 6.54 Å². The molecular formula is C19H13N6+. The van der Waals surface area contributed by atoms with E-state index in [9.17, 15) is 0 Å². The summed E-state index contributed by atoms with van der Waals surface area (Å²) < 4.78 is 6.56. The van der Waals surface area contributed by atoms with Crippen molar-refractivity contribution < 1.29 is 4.57 Å². The van der Waals surface area contributed by atoms with Crippen molar-refractivity contribution in [3.05, 3.63) is 72.8 Å². The van der Waals surface area contributed by atoms with E-state index in [-0.39, 0.29) is 0 Å². The Hall–Kier alpha value is -3.54. The van der Waals surface area contributed by atoms with Crippen LogP contribution in [-0.2, 0) is 6.54 Å². The Morgan fingerprint density at radius 2 is 1.92 bits per heavy atom. The molecule has 6 heteroatoms. The Balaban J connectivity index is 1.83. The molecule has 0 fully saturated rings. The van der Waals surface area contributed by atoms with Gasteiger partial charge in [-0.25, -0.2) is 14.1 Å². The van der Waals surface area contributed by atoms with Crippen molar-refractivity contribution in [1.82, 2.24) is 23.9 Å². The summed E-state index contributed by atoms with van der Waals surface area (Å²) >= 11 is 0. The van der Waals surface area contributed by atoms with E-state index in [0.29, 0.717) is 5.78 Å². The molecule has 1 aliphatic heterocycles. The molecule has 5 aromatic rings. The molecule has 1 aromatic carbocycles. The van der Waals surface area contributed by atoms with Gasteiger partial charge in [0.2, 0.25) is 5.82 Å². The maximum absolute atomic E-state index is 4.80. The molecule has 25 heavy (non-hydrogen) atoms. The third kappa shape index (κ3) is 1.58. The van der Waals surface area contributed by atoms with Crippen molar-refractivity contribution in [2.24, 2.45) is 0 Å². The second kappa shape index (κ2) is 4.51. The average Bonchev–Trinajstić information content (AvgIpc) is 3.29. The Kier molecular flexibility index (Phi) is 2.31. The quantitative estimate of drug-likeness (QED) is 0.436. The molecule has 1 aliphatic rings. The first-order valence-corrected chi connectivity index (χ1v) is 8.18. The van der Waals surface area contributed by atoms with Crippen LogP contribution in [0.2, 0.25) is 0 Å². The number of hydrogen-bond donors (Lipinski definition) is 0. The Morgan fingerprint density at radius 1 is 1.00 bits per heavy atom. The zero-order valence-electron chi connectivity index (χ0n) is 13.2. The highest BCUT2D eigenvalue weighted by Gasteiger charge is 2.36. The fraction of sp³-hybridized carbons (Fsp3) is 0.0526. The molecular weight excluding hydrogens is 312 g/mol. The lowest BCUT2D eigenvalue weighted by Gasteiger charge is -2.02.